The number of rotatable bonds is 7. The second kappa shape index (κ2) is 9.28. The minimum absolute atomic E-state index is 0.0240. The number of hydrogen-bond donors (Lipinski definition) is 3. The van der Waals surface area contributed by atoms with Gasteiger partial charge in [-0.25, -0.2) is 14.4 Å². The Morgan fingerprint density at radius 2 is 1.91 bits per heavy atom. The number of hydrogen-bond acceptors (Lipinski definition) is 8. The molecule has 8 nitrogen and oxygen atoms in total. The van der Waals surface area contributed by atoms with Gasteiger partial charge in [0.05, 0.1) is 12.8 Å². The highest BCUT2D eigenvalue weighted by Crippen LogP contribution is 2.47. The fraction of sp³-hybridized carbons (Fsp3) is 0.615. The van der Waals surface area contributed by atoms with E-state index in [0.717, 1.165) is 61.4 Å². The van der Waals surface area contributed by atoms with Crippen LogP contribution in [0, 0.1) is 5.82 Å². The highest BCUT2D eigenvalue weighted by molar-refractivity contribution is 5.67. The fourth-order valence-electron chi connectivity index (χ4n) is 5.90. The molecular weight excluding hydrogens is 447 g/mol. The van der Waals surface area contributed by atoms with Crippen molar-refractivity contribution in [3.05, 3.63) is 47.7 Å². The number of nitrogens with zero attached hydrogens (tertiary/aromatic N) is 5. The Balaban J connectivity index is 1.39. The van der Waals surface area contributed by atoms with Crippen molar-refractivity contribution in [2.45, 2.75) is 61.9 Å². The normalized spacial score (nSPS) is 28.8. The molecule has 5 rings (SSSR count). The zero-order chi connectivity index (χ0) is 24.8. The van der Waals surface area contributed by atoms with Crippen molar-refractivity contribution in [1.82, 2.24) is 20.2 Å². The molecule has 3 fully saturated rings. The average molecular weight is 485 g/mol. The second-order valence-electron chi connectivity index (χ2n) is 10.7. The summed E-state index contributed by atoms with van der Waals surface area (Å²) in [5.41, 5.74) is 1.28. The van der Waals surface area contributed by atoms with E-state index < -0.39 is 6.35 Å². The van der Waals surface area contributed by atoms with Gasteiger partial charge in [0, 0.05) is 37.1 Å². The summed E-state index contributed by atoms with van der Waals surface area (Å²) in [6, 6.07) is 6.96. The molecule has 0 amide bonds. The van der Waals surface area contributed by atoms with Crippen molar-refractivity contribution in [2.24, 2.45) is 0 Å². The van der Waals surface area contributed by atoms with Gasteiger partial charge in [-0.1, -0.05) is 12.1 Å². The van der Waals surface area contributed by atoms with E-state index in [9.17, 15) is 14.6 Å². The molecule has 3 aliphatic rings. The first-order chi connectivity index (χ1) is 16.8. The van der Waals surface area contributed by atoms with Crippen LogP contribution in [-0.4, -0.2) is 77.8 Å². The van der Waals surface area contributed by atoms with Gasteiger partial charge in [0.15, 0.2) is 12.2 Å². The fourth-order valence-corrected chi connectivity index (χ4v) is 5.90. The van der Waals surface area contributed by atoms with Crippen LogP contribution in [0.1, 0.15) is 55.8 Å². The quantitative estimate of drug-likeness (QED) is 0.552. The van der Waals surface area contributed by atoms with E-state index in [-0.39, 0.29) is 23.5 Å². The predicted octanol–water partition coefficient (Wildman–Crippen LogP) is 2.38. The molecule has 2 saturated carbocycles. The number of anilines is 2. The Hall–Kier alpha value is -2.33. The molecule has 1 atom stereocenters. The molecule has 1 aliphatic heterocycles. The summed E-state index contributed by atoms with van der Waals surface area (Å²) in [6.07, 6.45) is 6.59. The molecular formula is C26H37FN6O2. The Morgan fingerprint density at radius 3 is 2.54 bits per heavy atom. The van der Waals surface area contributed by atoms with Crippen LogP contribution in [0.15, 0.2) is 30.5 Å². The van der Waals surface area contributed by atoms with Crippen LogP contribution < -0.4 is 15.1 Å². The molecule has 1 unspecified atom stereocenters. The first kappa shape index (κ1) is 24.4. The third-order valence-corrected chi connectivity index (χ3v) is 8.27. The highest BCUT2D eigenvalue weighted by Gasteiger charge is 2.50. The van der Waals surface area contributed by atoms with Gasteiger partial charge in [-0.05, 0) is 70.3 Å². The molecule has 2 aromatic rings. The molecule has 1 aromatic carbocycles. The van der Waals surface area contributed by atoms with Crippen molar-refractivity contribution in [3.63, 3.8) is 0 Å². The minimum Gasteiger partial charge on any atom is -0.395 e. The molecule has 0 radical (unpaired) electrons. The second-order valence-corrected chi connectivity index (χ2v) is 10.7. The topological polar surface area (TPSA) is 88.0 Å². The number of nitrogens with one attached hydrogen (secondary N) is 1. The average Bonchev–Trinajstić information content (AvgIpc) is 3.64. The highest BCUT2D eigenvalue weighted by atomic mass is 19.1. The molecule has 190 valence electrons. The maximum atomic E-state index is 14.1. The van der Waals surface area contributed by atoms with E-state index in [0.29, 0.717) is 19.0 Å². The summed E-state index contributed by atoms with van der Waals surface area (Å²) in [5.74, 6) is 1.79. The van der Waals surface area contributed by atoms with Crippen molar-refractivity contribution < 1.29 is 14.6 Å². The van der Waals surface area contributed by atoms with Gasteiger partial charge in [-0.2, -0.15) is 0 Å². The third kappa shape index (κ3) is 4.50. The molecule has 2 aliphatic carbocycles. The monoisotopic (exact) mass is 484 g/mol. The Labute approximate surface area is 206 Å². The first-order valence-electron chi connectivity index (χ1n) is 12.6. The van der Waals surface area contributed by atoms with Crippen molar-refractivity contribution >= 4 is 11.5 Å². The molecule has 2 heterocycles. The largest absolute Gasteiger partial charge is 0.395 e. The van der Waals surface area contributed by atoms with Crippen molar-refractivity contribution in [2.75, 3.05) is 50.6 Å². The maximum Gasteiger partial charge on any atom is 0.184 e. The van der Waals surface area contributed by atoms with E-state index in [1.54, 1.807) is 12.1 Å². The van der Waals surface area contributed by atoms with Crippen LogP contribution in [0.2, 0.25) is 0 Å². The number of aromatic nitrogens is 2. The van der Waals surface area contributed by atoms with Gasteiger partial charge in [-0.3, -0.25) is 10.2 Å². The summed E-state index contributed by atoms with van der Waals surface area (Å²) >= 11 is 0. The lowest BCUT2D eigenvalue weighted by atomic mass is 9.69. The SMILES string of the molecule is CN(CCO)c1nc(C2CC2)ncc1N1CC2(CCC(c3cccc(F)c3)(N(C)C)CC2)NC1O. The Kier molecular flexibility index (Phi) is 6.46. The summed E-state index contributed by atoms with van der Waals surface area (Å²) < 4.78 is 14.1. The standard InChI is InChI=1S/C26H37FN6O2/c1-31(2)26(19-5-4-6-20(27)15-19)11-9-25(10-12-26)17-33(24(35)30-25)21-16-28-22(18-7-8-18)29-23(21)32(3)13-14-34/h4-6,15-16,18,24,30,34-35H,7-14,17H2,1-3H3. The van der Waals surface area contributed by atoms with E-state index in [1.807, 2.05) is 29.1 Å². The van der Waals surface area contributed by atoms with E-state index >= 15 is 0 Å². The summed E-state index contributed by atoms with van der Waals surface area (Å²) in [5, 5.41) is 24.1. The number of likely N-dealkylation sites (N-methyl/N-ethyl adjacent to an activating group) is 1. The van der Waals surface area contributed by atoms with Crippen LogP contribution in [-0.2, 0) is 5.54 Å². The van der Waals surface area contributed by atoms with Crippen LogP contribution in [0.25, 0.3) is 0 Å². The predicted molar refractivity (Wildman–Crippen MR) is 134 cm³/mol. The number of benzene rings is 1. The summed E-state index contributed by atoms with van der Waals surface area (Å²) in [6.45, 7) is 1.11. The van der Waals surface area contributed by atoms with Gasteiger partial charge in [-0.15, -0.1) is 0 Å². The van der Waals surface area contributed by atoms with Crippen LogP contribution >= 0.6 is 0 Å². The molecule has 35 heavy (non-hydrogen) atoms. The molecule has 3 N–H and O–H groups in total. The van der Waals surface area contributed by atoms with Crippen molar-refractivity contribution in [1.29, 1.82) is 0 Å². The minimum atomic E-state index is -0.854. The van der Waals surface area contributed by atoms with Gasteiger partial charge in [0.25, 0.3) is 0 Å². The molecule has 9 heteroatoms. The lowest BCUT2D eigenvalue weighted by Crippen LogP contribution is -2.54. The van der Waals surface area contributed by atoms with Gasteiger partial charge in [0.2, 0.25) is 0 Å². The van der Waals surface area contributed by atoms with Crippen LogP contribution in [0.3, 0.4) is 0 Å². The van der Waals surface area contributed by atoms with E-state index in [1.165, 1.54) is 6.07 Å². The van der Waals surface area contributed by atoms with Crippen molar-refractivity contribution in [3.8, 4) is 0 Å². The van der Waals surface area contributed by atoms with Crippen LogP contribution in [0.5, 0.6) is 0 Å². The first-order valence-corrected chi connectivity index (χ1v) is 12.6. The summed E-state index contributed by atoms with van der Waals surface area (Å²) in [4.78, 5) is 15.6. The lowest BCUT2D eigenvalue weighted by molar-refractivity contribution is 0.0511. The van der Waals surface area contributed by atoms with Gasteiger partial charge >= 0.3 is 0 Å². The lowest BCUT2D eigenvalue weighted by Gasteiger charge is -2.49. The molecule has 1 aromatic heterocycles. The summed E-state index contributed by atoms with van der Waals surface area (Å²) in [7, 11) is 6.04. The number of aliphatic hydroxyl groups is 2. The Bertz CT molecular complexity index is 1050. The van der Waals surface area contributed by atoms with Gasteiger partial charge in [0.1, 0.15) is 17.3 Å². The third-order valence-electron chi connectivity index (χ3n) is 8.27. The Morgan fingerprint density at radius 1 is 1.17 bits per heavy atom. The number of aliphatic hydroxyl groups excluding tert-OH is 2. The zero-order valence-corrected chi connectivity index (χ0v) is 20.9. The maximum absolute atomic E-state index is 14.1. The molecule has 0 bridgehead atoms. The zero-order valence-electron chi connectivity index (χ0n) is 20.9. The molecule has 1 spiro atoms. The van der Waals surface area contributed by atoms with Gasteiger partial charge < -0.3 is 20.0 Å². The number of halogens is 1. The smallest absolute Gasteiger partial charge is 0.184 e. The van der Waals surface area contributed by atoms with E-state index in [2.05, 4.69) is 29.3 Å². The molecule has 1 saturated heterocycles. The van der Waals surface area contributed by atoms with Crippen LogP contribution in [0.4, 0.5) is 15.9 Å². The van der Waals surface area contributed by atoms with E-state index in [4.69, 9.17) is 4.98 Å².